The molecule has 0 aromatic carbocycles. The van der Waals surface area contributed by atoms with E-state index in [1.54, 1.807) is 0 Å². The quantitative estimate of drug-likeness (QED) is 0.108. The minimum Gasteiger partial charge on any atom is -0.552 e. The number of rotatable bonds is 19. The molecule has 180 valence electrons. The van der Waals surface area contributed by atoms with Crippen LogP contribution < -0.4 is 51.4 Å². The number of hydrogen-bond donors (Lipinski definition) is 3. The van der Waals surface area contributed by atoms with Gasteiger partial charge in [0.25, 0.3) is 10.1 Å². The minimum absolute atomic E-state index is 0. The van der Waals surface area contributed by atoms with Gasteiger partial charge in [-0.15, -0.1) is 0 Å². The van der Waals surface area contributed by atoms with Crippen molar-refractivity contribution in [2.24, 2.45) is 0 Å². The van der Waals surface area contributed by atoms with Gasteiger partial charge in [0, 0.05) is 6.61 Å². The largest absolute Gasteiger partial charge is 1.00 e. The third kappa shape index (κ3) is 28.4. The van der Waals surface area contributed by atoms with E-state index in [4.69, 9.17) is 19.5 Å². The van der Waals surface area contributed by atoms with Gasteiger partial charge in [0.05, 0.1) is 6.42 Å². The molecule has 1 atom stereocenters. The fourth-order valence-electron chi connectivity index (χ4n) is 2.71. The Morgan fingerprint density at radius 2 is 1.26 bits per heavy atom. The van der Waals surface area contributed by atoms with Crippen molar-refractivity contribution in [2.45, 2.75) is 109 Å². The number of aliphatic carboxylic acids is 2. The number of carboxylic acids is 2. The van der Waals surface area contributed by atoms with Crippen LogP contribution >= 0.6 is 0 Å². The monoisotopic (exact) mass is 492 g/mol. The van der Waals surface area contributed by atoms with Crippen molar-refractivity contribution >= 4 is 22.1 Å². The molecular weight excluding hydrogens is 451 g/mol. The predicted octanol–water partition coefficient (Wildman–Crippen LogP) is 2.08. The fourth-order valence-corrected chi connectivity index (χ4v) is 3.31. The Labute approximate surface area is 231 Å². The Morgan fingerprint density at radius 3 is 1.55 bits per heavy atom. The van der Waals surface area contributed by atoms with Crippen LogP contribution in [0.1, 0.15) is 104 Å². The second-order valence-corrected chi connectivity index (χ2v) is 8.87. The summed E-state index contributed by atoms with van der Waals surface area (Å²) in [5.41, 5.74) is 0. The van der Waals surface area contributed by atoms with Crippen LogP contribution in [-0.2, 0) is 24.4 Å². The van der Waals surface area contributed by atoms with Crippen LogP contribution in [0.15, 0.2) is 0 Å². The molecule has 0 aromatic rings. The van der Waals surface area contributed by atoms with Crippen molar-refractivity contribution in [1.29, 1.82) is 0 Å². The molecule has 0 spiro atoms. The first-order valence-electron chi connectivity index (χ1n) is 11.0. The summed E-state index contributed by atoms with van der Waals surface area (Å²) in [6, 6.07) is 0. The van der Waals surface area contributed by atoms with Gasteiger partial charge in [0.2, 0.25) is 0 Å². The zero-order chi connectivity index (χ0) is 23.3. The number of carboxylic acid groups (broad SMARTS) is 2. The first kappa shape index (κ1) is 36.0. The summed E-state index contributed by atoms with van der Waals surface area (Å²) in [4.78, 5) is 20.0. The van der Waals surface area contributed by atoms with Crippen LogP contribution in [0.2, 0.25) is 0 Å². The fraction of sp³-hybridized carbons (Fsp3) is 0.857. The molecule has 0 amide bonds. The molecule has 0 aromatic heterocycles. The van der Waals surface area contributed by atoms with Crippen molar-refractivity contribution in [3.63, 3.8) is 0 Å². The van der Waals surface area contributed by atoms with Gasteiger partial charge in [-0.1, -0.05) is 84.5 Å². The summed E-state index contributed by atoms with van der Waals surface area (Å²) < 4.78 is 34.0. The van der Waals surface area contributed by atoms with Crippen molar-refractivity contribution in [3.8, 4) is 0 Å². The van der Waals surface area contributed by atoms with E-state index in [2.05, 4.69) is 13.8 Å². The van der Waals surface area contributed by atoms with Crippen LogP contribution in [0.25, 0.3) is 0 Å². The molecule has 1 unspecified atom stereocenters. The summed E-state index contributed by atoms with van der Waals surface area (Å²) in [6.45, 7) is 7.23. The molecule has 0 aliphatic heterocycles. The summed E-state index contributed by atoms with van der Waals surface area (Å²) in [5, 5.41) is 13.9. The molecular formula is C21H41KO8S. The first-order valence-corrected chi connectivity index (χ1v) is 12.5. The minimum atomic E-state index is -4.84. The number of carbonyl (C=O) groups is 2. The van der Waals surface area contributed by atoms with Crippen LogP contribution in [0.4, 0.5) is 0 Å². The van der Waals surface area contributed by atoms with Crippen LogP contribution in [0.5, 0.6) is 0 Å². The van der Waals surface area contributed by atoms with Crippen molar-refractivity contribution < 1.29 is 88.9 Å². The van der Waals surface area contributed by atoms with Crippen molar-refractivity contribution in [2.75, 3.05) is 6.61 Å². The van der Waals surface area contributed by atoms with E-state index < -0.39 is 33.7 Å². The molecule has 0 bridgehead atoms. The average Bonchev–Trinajstić information content (AvgIpc) is 2.66. The van der Waals surface area contributed by atoms with E-state index in [9.17, 15) is 18.0 Å². The van der Waals surface area contributed by atoms with E-state index in [1.807, 2.05) is 6.61 Å². The zero-order valence-electron chi connectivity index (χ0n) is 19.6. The van der Waals surface area contributed by atoms with Gasteiger partial charge in [-0.3, -0.25) is 14.1 Å². The van der Waals surface area contributed by atoms with Gasteiger partial charge in [0.15, 0.2) is 5.25 Å². The Balaban J connectivity index is -0.000000528. The Kier molecular flexibility index (Phi) is 29.1. The third-order valence-electron chi connectivity index (χ3n) is 4.40. The smallest absolute Gasteiger partial charge is 0.552 e. The van der Waals surface area contributed by atoms with Gasteiger partial charge in [0.1, 0.15) is 0 Å². The summed E-state index contributed by atoms with van der Waals surface area (Å²) >= 11 is 0. The Morgan fingerprint density at radius 1 is 0.839 bits per heavy atom. The number of hydrogen-bond acceptors (Lipinski definition) is 5. The van der Waals surface area contributed by atoms with E-state index in [1.165, 1.54) is 77.0 Å². The van der Waals surface area contributed by atoms with Crippen LogP contribution in [0, 0.1) is 6.61 Å². The molecule has 0 saturated heterocycles. The molecule has 10 heteroatoms. The second kappa shape index (κ2) is 25.1. The topological polar surface area (TPSA) is 138 Å². The molecule has 0 rings (SSSR count). The second-order valence-electron chi connectivity index (χ2n) is 7.27. The van der Waals surface area contributed by atoms with E-state index in [0.717, 1.165) is 13.0 Å². The van der Waals surface area contributed by atoms with Gasteiger partial charge in [-0.25, -0.2) is 6.61 Å². The average molecular weight is 493 g/mol. The molecule has 0 heterocycles. The maximum atomic E-state index is 10.2. The Hall–Kier alpha value is 0.446. The molecule has 31 heavy (non-hydrogen) atoms. The number of ether oxygens (including phenoxy) is 1. The standard InChI is InChI=1S/C17H35O.C4H6O7S.K/c1-3-5-6-7-8-9-10-11-12-13-14-15-17-18-16-4-2;5-3(6)1-2(4(7)8)12(9,10)11;/h16H,3-15,17H2,1-2H3;2H,1H2,(H,5,6)(H,7,8)(H,9,10,11);/q-1;;+1. The number of unbranched alkanes of at least 4 members (excludes halogenated alkanes) is 11. The van der Waals surface area contributed by atoms with E-state index >= 15 is 0 Å². The SMILES string of the molecule is CC[CH-]OCCCCCCCCCCCCCC.O=C(O)CC(C(=O)O)S(=O)(=O)O.[K+]. The molecule has 0 aliphatic carbocycles. The van der Waals surface area contributed by atoms with Crippen LogP contribution in [0.3, 0.4) is 0 Å². The molecule has 0 fully saturated rings. The van der Waals surface area contributed by atoms with Gasteiger partial charge in [-0.2, -0.15) is 14.8 Å². The van der Waals surface area contributed by atoms with Crippen molar-refractivity contribution in [1.82, 2.24) is 0 Å². The third-order valence-corrected chi connectivity index (χ3v) is 5.48. The first-order chi connectivity index (χ1) is 14.2. The zero-order valence-corrected chi connectivity index (χ0v) is 23.5. The van der Waals surface area contributed by atoms with Gasteiger partial charge in [-0.05, 0) is 6.42 Å². The summed E-state index contributed by atoms with van der Waals surface area (Å²) in [6.07, 6.45) is 16.8. The van der Waals surface area contributed by atoms with Crippen LogP contribution in [-0.4, -0.2) is 47.0 Å². The molecule has 8 nitrogen and oxygen atoms in total. The van der Waals surface area contributed by atoms with Gasteiger partial charge < -0.3 is 14.9 Å². The van der Waals surface area contributed by atoms with E-state index in [0.29, 0.717) is 0 Å². The van der Waals surface area contributed by atoms with E-state index in [-0.39, 0.29) is 51.4 Å². The maximum Gasteiger partial charge on any atom is 1.00 e. The Bertz CT molecular complexity index is 509. The van der Waals surface area contributed by atoms with Gasteiger partial charge >= 0.3 is 63.3 Å². The predicted molar refractivity (Wildman–Crippen MR) is 117 cm³/mol. The summed E-state index contributed by atoms with van der Waals surface area (Å²) in [7, 11) is -4.84. The molecule has 0 saturated carbocycles. The normalized spacial score (nSPS) is 11.7. The molecule has 3 N–H and O–H groups in total. The maximum absolute atomic E-state index is 10.2. The summed E-state index contributed by atoms with van der Waals surface area (Å²) in [5.74, 6) is -3.50. The molecule has 0 radical (unpaired) electrons. The van der Waals surface area contributed by atoms with Crippen molar-refractivity contribution in [3.05, 3.63) is 6.61 Å². The molecule has 0 aliphatic rings.